The van der Waals surface area contributed by atoms with Crippen molar-refractivity contribution >= 4 is 120 Å². The molecule has 10 aromatic rings. The minimum atomic E-state index is -4.70. The number of hydrogen-bond acceptors (Lipinski definition) is 41. The van der Waals surface area contributed by atoms with E-state index >= 15 is 0 Å². The first-order valence-corrected chi connectivity index (χ1v) is 58.7. The lowest BCUT2D eigenvalue weighted by Gasteiger charge is -2.40. The van der Waals surface area contributed by atoms with E-state index in [2.05, 4.69) is 61.6 Å². The standard InChI is InChI=1S/C20H24F3N5O3S.C20H27N5O4S.C19H24ClN5O3S.C19H23F2N5O3S.C19H25N5O3S/c1-12-11-31-7-6-28(12)18-26-15(13-10-25-17(24)8-14(13)20(21,22)23)9-16(27-18)19(4-3-5-19)32(2,29)30;1-13-12-29-8-7-25(13)19-23-15(14-11-22-18(21)10-16(14)28-2)9-17(24-19)20(5-4-6-20)30(3,26)27;1-12-11-28-7-6-25(12)18-23-15(13-10-22-17(21)8-14(13)20)9-16(24-18)19(4-3-5-19)29(2,26)27;1-30(27,28)19(3-2-4-19)15-10-14(13-11-23-16(22)9-12(13)17(20)21)24-18(25-15)26-5-7-29-8-6-26;1-13-12-27-9-8-24(13)18-22-15(14-4-5-17(20)21-11-14)10-16(23-18)19(6-3-7-19)28(2,25)26/h8-10,12H,3-7,11H2,1-2H3,(H2,24,25);9-11,13H,4-8,12H2,1-3H3,(H2,21,22);8-10,12H,3-7,11H2,1-2H3,(H2,21,22);9-11,17H,2-8H2,1H3,(H2,22,23);4-5,10-11,13H,3,6-9,12H2,1-2H3,(H2,20,21)/t12-;13-;12-;;13-/m000.0/s1. The number of hydrogen-bond donors (Lipinski definition) is 5. The number of nitrogens with zero attached hydrogens (tertiary/aromatic N) is 20. The molecule has 149 heavy (non-hydrogen) atoms. The molecule has 10 aromatic heterocycles. The number of methoxy groups -OCH3 is 1. The minimum Gasteiger partial charge on any atom is -0.496 e. The number of rotatable bonds is 22. The molecule has 15 heterocycles. The second kappa shape index (κ2) is 43.7. The first-order valence-electron chi connectivity index (χ1n) is 48.9. The van der Waals surface area contributed by atoms with Gasteiger partial charge in [0.1, 0.15) is 58.6 Å². The molecule has 5 aliphatic heterocycles. The van der Waals surface area contributed by atoms with E-state index in [-0.39, 0.29) is 75.5 Å². The molecule has 804 valence electrons. The van der Waals surface area contributed by atoms with Crippen molar-refractivity contribution in [3.63, 3.8) is 0 Å². The maximum absolute atomic E-state index is 13.8. The third-order valence-electron chi connectivity index (χ3n) is 29.6. The van der Waals surface area contributed by atoms with Crippen molar-refractivity contribution in [2.24, 2.45) is 0 Å². The second-order valence-corrected chi connectivity index (χ2v) is 51.4. The molecule has 52 heteroatoms. The van der Waals surface area contributed by atoms with Crippen LogP contribution in [-0.4, -0.2) is 285 Å². The SMILES string of the molecule is COc1cc(N)ncc1-c1cc(C2(S(C)(=O)=O)CCC2)nc(N2CCOC[C@@H]2C)n1.CS(=O)(=O)C1(c2cc(-c3cnc(N)cc3C(F)F)nc(N3CCOCC3)n2)CCC1.C[C@H]1COCCN1c1nc(-c2ccc(N)nc2)cc(C2(S(C)(=O)=O)CCC2)n1.C[C@H]1COCCN1c1nc(-c2cnc(N)cc2C(F)(F)F)cc(C2(S(C)(=O)=O)CCC2)n1.C[C@H]1COCCN1c1nc(-c2cnc(N)cc2Cl)cc(C2(S(C)(=O)=O)CCC2)n1. The Morgan fingerprint density at radius 2 is 0.658 bits per heavy atom. The predicted molar refractivity (Wildman–Crippen MR) is 555 cm³/mol. The van der Waals surface area contributed by atoms with Crippen LogP contribution in [0, 0.1) is 0 Å². The van der Waals surface area contributed by atoms with Crippen LogP contribution < -0.4 is 57.9 Å². The first-order chi connectivity index (χ1) is 70.4. The molecule has 0 spiro atoms. The number of nitrogens with two attached hydrogens (primary N) is 5. The van der Waals surface area contributed by atoms with Crippen LogP contribution in [-0.2, 0) is 103 Å². The van der Waals surface area contributed by atoms with Crippen LogP contribution in [0.15, 0.2) is 97.7 Å². The zero-order chi connectivity index (χ0) is 107. The van der Waals surface area contributed by atoms with Gasteiger partial charge in [-0.05, 0) is 185 Å². The summed E-state index contributed by atoms with van der Waals surface area (Å²) in [5, 5.41) is 0.408. The van der Waals surface area contributed by atoms with Gasteiger partial charge in [0.15, 0.2) is 49.2 Å². The lowest BCUT2D eigenvalue weighted by Crippen LogP contribution is -2.46. The summed E-state index contributed by atoms with van der Waals surface area (Å²) in [7, 11) is -15.5. The zero-order valence-electron chi connectivity index (χ0n) is 84.2. The van der Waals surface area contributed by atoms with Crippen LogP contribution in [0.1, 0.15) is 170 Å². The van der Waals surface area contributed by atoms with Crippen molar-refractivity contribution in [3.05, 3.63) is 142 Å². The number of morpholine rings is 5. The van der Waals surface area contributed by atoms with Gasteiger partial charge in [0.25, 0.3) is 6.43 Å². The largest absolute Gasteiger partial charge is 0.496 e. The molecule has 0 bridgehead atoms. The van der Waals surface area contributed by atoms with Gasteiger partial charge in [0.05, 0.1) is 170 Å². The fourth-order valence-corrected chi connectivity index (χ4v) is 27.8. The third kappa shape index (κ3) is 22.7. The van der Waals surface area contributed by atoms with Crippen LogP contribution in [0.2, 0.25) is 5.02 Å². The van der Waals surface area contributed by atoms with Gasteiger partial charge in [0.2, 0.25) is 29.7 Å². The highest BCUT2D eigenvalue weighted by Gasteiger charge is 2.55. The Hall–Kier alpha value is -11.6. The quantitative estimate of drug-likeness (QED) is 0.0393. The Morgan fingerprint density at radius 3 is 0.987 bits per heavy atom. The van der Waals surface area contributed by atoms with Gasteiger partial charge >= 0.3 is 6.18 Å². The predicted octanol–water partition coefficient (Wildman–Crippen LogP) is 11.1. The fraction of sp³-hybridized carbons (Fsp3) is 0.536. The first kappa shape index (κ1) is 110. The van der Waals surface area contributed by atoms with Crippen molar-refractivity contribution in [3.8, 4) is 62.0 Å². The van der Waals surface area contributed by atoms with E-state index in [1.165, 1.54) is 43.4 Å². The molecule has 0 radical (unpaired) electrons. The van der Waals surface area contributed by atoms with Gasteiger partial charge in [-0.2, -0.15) is 13.2 Å². The summed E-state index contributed by atoms with van der Waals surface area (Å²) >= 11 is 6.40. The number of nitrogen functional groups attached to an aromatic ring is 5. The smallest absolute Gasteiger partial charge is 0.417 e. The summed E-state index contributed by atoms with van der Waals surface area (Å²) < 4.78 is 223. The molecule has 5 saturated heterocycles. The normalized spacial score (nSPS) is 21.0. The van der Waals surface area contributed by atoms with Crippen LogP contribution in [0.25, 0.3) is 56.3 Å². The summed E-state index contributed by atoms with van der Waals surface area (Å²) in [5.74, 6) is 3.28. The number of pyridine rings is 5. The van der Waals surface area contributed by atoms with E-state index in [4.69, 9.17) is 98.6 Å². The van der Waals surface area contributed by atoms with Crippen molar-refractivity contribution < 1.29 is 92.5 Å². The van der Waals surface area contributed by atoms with Gasteiger partial charge in [-0.25, -0.2) is 126 Å². The van der Waals surface area contributed by atoms with Gasteiger partial charge in [0, 0.05) is 135 Å². The van der Waals surface area contributed by atoms with E-state index < -0.39 is 91.1 Å². The fourth-order valence-electron chi connectivity index (χ4n) is 19.9. The lowest BCUT2D eigenvalue weighted by atomic mass is 9.81. The Kier molecular flexibility index (Phi) is 32.3. The molecule has 10 aliphatic rings. The van der Waals surface area contributed by atoms with E-state index in [9.17, 15) is 64.0 Å². The Bertz CT molecular complexity index is 7230. The number of anilines is 10. The van der Waals surface area contributed by atoms with Crippen molar-refractivity contribution in [1.82, 2.24) is 74.8 Å². The number of halogens is 6. The number of aromatic nitrogens is 15. The van der Waals surface area contributed by atoms with Crippen molar-refractivity contribution in [1.29, 1.82) is 0 Å². The van der Waals surface area contributed by atoms with Crippen LogP contribution >= 0.6 is 11.6 Å². The van der Waals surface area contributed by atoms with Crippen LogP contribution in [0.4, 0.5) is 80.8 Å². The van der Waals surface area contributed by atoms with Gasteiger partial charge in [-0.3, -0.25) is 0 Å². The summed E-state index contributed by atoms with van der Waals surface area (Å²) in [6.07, 6.45) is 14.8. The number of ether oxygens (including phenoxy) is 6. The zero-order valence-corrected chi connectivity index (χ0v) is 89.1. The third-order valence-corrected chi connectivity index (χ3v) is 40.1. The molecule has 41 nitrogen and oxygen atoms in total. The summed E-state index contributed by atoms with van der Waals surface area (Å²) in [4.78, 5) is 76.7. The Morgan fingerprint density at radius 1 is 0.362 bits per heavy atom. The van der Waals surface area contributed by atoms with Crippen LogP contribution in [0.3, 0.4) is 0 Å². The van der Waals surface area contributed by atoms with Gasteiger partial charge in [-0.1, -0.05) is 11.6 Å². The highest BCUT2D eigenvalue weighted by Crippen LogP contribution is 2.55. The number of alkyl halides is 5. The highest BCUT2D eigenvalue weighted by molar-refractivity contribution is 7.92. The average Bonchev–Trinajstić information content (AvgIpc) is 0.751. The maximum atomic E-state index is 13.8. The van der Waals surface area contributed by atoms with Crippen molar-refractivity contribution in [2.45, 2.75) is 185 Å². The molecule has 0 aromatic carbocycles. The lowest BCUT2D eigenvalue weighted by molar-refractivity contribution is -0.137. The second-order valence-electron chi connectivity index (χ2n) is 39.4. The molecule has 0 unspecified atom stereocenters. The molecule has 10 fully saturated rings. The highest BCUT2D eigenvalue weighted by atomic mass is 35.5. The summed E-state index contributed by atoms with van der Waals surface area (Å²) in [5.41, 5.74) is 33.0. The molecule has 5 saturated carbocycles. The van der Waals surface area contributed by atoms with Crippen molar-refractivity contribution in [2.75, 3.05) is 197 Å². The summed E-state index contributed by atoms with van der Waals surface area (Å²) in [6, 6.07) is 16.9. The van der Waals surface area contributed by atoms with Gasteiger partial charge < -0.3 is 81.6 Å². The Labute approximate surface area is 867 Å². The van der Waals surface area contributed by atoms with Crippen LogP contribution in [0.5, 0.6) is 5.75 Å². The molecule has 4 atom stereocenters. The van der Waals surface area contributed by atoms with Gasteiger partial charge in [-0.15, -0.1) is 0 Å². The molecule has 0 amide bonds. The monoisotopic (exact) mass is 2180 g/mol. The average molecular weight is 2190 g/mol. The van der Waals surface area contributed by atoms with E-state index in [1.807, 2.05) is 41.5 Å². The van der Waals surface area contributed by atoms with E-state index in [1.54, 1.807) is 62.1 Å². The number of sulfone groups is 5. The molecule has 5 aliphatic carbocycles. The molecular weight excluding hydrogens is 2060 g/mol. The molecule has 20 rings (SSSR count). The molecular formula is C97H123ClF5N25O16S5. The van der Waals surface area contributed by atoms with E-state index in [0.29, 0.717) is 279 Å². The summed E-state index contributed by atoms with van der Waals surface area (Å²) in [6.45, 7) is 16.6. The topological polar surface area (TPSA) is 566 Å². The minimum absolute atomic E-state index is 0.0247. The molecule has 10 N–H and O–H groups in total. The Balaban J connectivity index is 0.000000133. The van der Waals surface area contributed by atoms with E-state index in [0.717, 1.165) is 55.8 Å². The maximum Gasteiger partial charge on any atom is 0.417 e.